The highest BCUT2D eigenvalue weighted by Gasteiger charge is 2.32. The Bertz CT molecular complexity index is 1550. The van der Waals surface area contributed by atoms with Gasteiger partial charge in [-0.1, -0.05) is 24.2 Å². The maximum atomic E-state index is 11.1. The number of hydrogen-bond acceptors (Lipinski definition) is 8. The number of benzene rings is 2. The van der Waals surface area contributed by atoms with Crippen LogP contribution >= 0.6 is 11.6 Å². The molecule has 1 aliphatic rings. The topological polar surface area (TPSA) is 144 Å². The number of hydrogen-bond donors (Lipinski definition) is 3. The Morgan fingerprint density at radius 2 is 2.05 bits per heavy atom. The van der Waals surface area contributed by atoms with Crippen LogP contribution in [0.1, 0.15) is 24.2 Å². The van der Waals surface area contributed by atoms with Crippen LogP contribution in [0.5, 0.6) is 5.75 Å². The van der Waals surface area contributed by atoms with E-state index in [1.807, 2.05) is 55.5 Å². The highest BCUT2D eigenvalue weighted by Crippen LogP contribution is 2.31. The van der Waals surface area contributed by atoms with Gasteiger partial charge in [0.25, 0.3) is 0 Å². The zero-order chi connectivity index (χ0) is 28.6. The number of nitrogens with one attached hydrogen (secondary N) is 1. The van der Waals surface area contributed by atoms with E-state index in [1.54, 1.807) is 6.07 Å². The van der Waals surface area contributed by atoms with E-state index in [4.69, 9.17) is 27.2 Å². The number of anilines is 3. The van der Waals surface area contributed by atoms with Crippen molar-refractivity contribution < 1.29 is 19.4 Å². The van der Waals surface area contributed by atoms with Gasteiger partial charge in [0, 0.05) is 29.0 Å². The monoisotopic (exact) mass is 560 g/mol. The van der Waals surface area contributed by atoms with Crippen LogP contribution in [0.15, 0.2) is 73.6 Å². The summed E-state index contributed by atoms with van der Waals surface area (Å²) < 4.78 is 5.80. The predicted octanol–water partition coefficient (Wildman–Crippen LogP) is 5.14. The number of aryl methyl sites for hydroxylation is 1. The Morgan fingerprint density at radius 3 is 2.77 bits per heavy atom. The average molecular weight is 561 g/mol. The van der Waals surface area contributed by atoms with Crippen molar-refractivity contribution in [3.63, 3.8) is 0 Å². The number of aliphatic carboxylic acids is 1. The van der Waals surface area contributed by atoms with Gasteiger partial charge in [-0.15, -0.1) is 0 Å². The van der Waals surface area contributed by atoms with Gasteiger partial charge in [0.2, 0.25) is 5.91 Å². The van der Waals surface area contributed by atoms with Crippen molar-refractivity contribution in [2.24, 2.45) is 0 Å². The van der Waals surface area contributed by atoms with Crippen LogP contribution < -0.4 is 15.8 Å². The molecule has 11 heteroatoms. The number of rotatable bonds is 7. The first kappa shape index (κ1) is 28.3. The fraction of sp³-hybridized carbons (Fsp3) is 0.207. The molecule has 1 aliphatic heterocycles. The van der Waals surface area contributed by atoms with Crippen molar-refractivity contribution in [2.75, 3.05) is 17.6 Å². The first-order valence-corrected chi connectivity index (χ1v) is 12.9. The third-order valence-corrected chi connectivity index (χ3v) is 6.47. The molecule has 0 spiro atoms. The van der Waals surface area contributed by atoms with Gasteiger partial charge in [-0.25, -0.2) is 14.8 Å². The van der Waals surface area contributed by atoms with Gasteiger partial charge >= 0.3 is 5.97 Å². The zero-order valence-electron chi connectivity index (χ0n) is 21.9. The summed E-state index contributed by atoms with van der Waals surface area (Å²) in [6.45, 7) is 6.14. The normalized spacial score (nSPS) is 14.2. The smallest absolute Gasteiger partial charge is 0.326 e. The molecule has 40 heavy (non-hydrogen) atoms. The maximum Gasteiger partial charge on any atom is 0.326 e. The first-order valence-electron chi connectivity index (χ1n) is 12.5. The molecular weight excluding hydrogens is 532 g/mol. The number of fused-ring (bicyclic) bond motifs is 1. The van der Waals surface area contributed by atoms with Crippen molar-refractivity contribution in [2.45, 2.75) is 32.4 Å². The Hall–Kier alpha value is -4.70. The fourth-order valence-corrected chi connectivity index (χ4v) is 4.48. The number of aromatic nitrogens is 3. The Kier molecular flexibility index (Phi) is 9.13. The van der Waals surface area contributed by atoms with Gasteiger partial charge in [0.05, 0.1) is 16.2 Å². The number of nitrogens with two attached hydrogens (primary N) is 1. The van der Waals surface area contributed by atoms with Gasteiger partial charge in [-0.2, -0.15) is 0 Å². The predicted molar refractivity (Wildman–Crippen MR) is 155 cm³/mol. The number of ether oxygens (including phenoxy) is 1. The molecule has 4 aromatic rings. The highest BCUT2D eigenvalue weighted by atomic mass is 35.5. The molecule has 0 bridgehead atoms. The fourth-order valence-electron chi connectivity index (χ4n) is 4.24. The number of carbonyl (C=O) groups excluding carboxylic acids is 1. The molecule has 206 valence electrons. The van der Waals surface area contributed by atoms with E-state index >= 15 is 0 Å². The summed E-state index contributed by atoms with van der Waals surface area (Å²) in [7, 11) is 0. The Labute approximate surface area is 236 Å². The molecule has 2 aromatic carbocycles. The average Bonchev–Trinajstić information content (AvgIpc) is 3.44. The minimum atomic E-state index is -0.928. The third kappa shape index (κ3) is 7.03. The number of pyridine rings is 1. The van der Waals surface area contributed by atoms with Crippen molar-refractivity contribution >= 4 is 51.6 Å². The molecule has 3 heterocycles. The van der Waals surface area contributed by atoms with E-state index in [0.717, 1.165) is 40.5 Å². The molecule has 1 atom stereocenters. The SMILES string of the molecule is C=CC(=O)N1CCC[C@H]1C(=O)O.Cc1cccc(COc2ccc(Nc3ncnc4ccc(N)cc34)cc2Cl)n1. The van der Waals surface area contributed by atoms with Gasteiger partial charge in [-0.05, 0) is 74.4 Å². The summed E-state index contributed by atoms with van der Waals surface area (Å²) >= 11 is 6.40. The van der Waals surface area contributed by atoms with E-state index in [0.29, 0.717) is 41.8 Å². The molecule has 0 aliphatic carbocycles. The minimum Gasteiger partial charge on any atom is -0.486 e. The molecule has 2 aromatic heterocycles. The van der Waals surface area contributed by atoms with E-state index in [2.05, 4.69) is 26.8 Å². The second kappa shape index (κ2) is 12.9. The lowest BCUT2D eigenvalue weighted by molar-refractivity contribution is -0.146. The first-order chi connectivity index (χ1) is 19.2. The van der Waals surface area contributed by atoms with E-state index < -0.39 is 12.0 Å². The van der Waals surface area contributed by atoms with Gasteiger partial charge < -0.3 is 25.8 Å². The number of carboxylic acid groups (broad SMARTS) is 1. The number of carboxylic acids is 1. The summed E-state index contributed by atoms with van der Waals surface area (Å²) in [4.78, 5) is 36.0. The number of carbonyl (C=O) groups is 2. The van der Waals surface area contributed by atoms with Crippen LogP contribution in [0.25, 0.3) is 10.9 Å². The summed E-state index contributed by atoms with van der Waals surface area (Å²) in [5.41, 5.74) is 9.94. The molecule has 0 saturated carbocycles. The lowest BCUT2D eigenvalue weighted by Gasteiger charge is -2.18. The van der Waals surface area contributed by atoms with Gasteiger partial charge in [0.15, 0.2) is 0 Å². The number of nitrogen functional groups attached to an aromatic ring is 1. The summed E-state index contributed by atoms with van der Waals surface area (Å²) in [6, 6.07) is 16.2. The Balaban J connectivity index is 0.000000259. The lowest BCUT2D eigenvalue weighted by atomic mass is 10.2. The lowest BCUT2D eigenvalue weighted by Crippen LogP contribution is -2.39. The maximum absolute atomic E-state index is 11.1. The molecule has 1 fully saturated rings. The molecule has 0 unspecified atom stereocenters. The molecule has 5 rings (SSSR count). The highest BCUT2D eigenvalue weighted by molar-refractivity contribution is 6.32. The molecule has 4 N–H and O–H groups in total. The number of halogens is 1. The van der Waals surface area contributed by atoms with Crippen LogP contribution in [0.2, 0.25) is 5.02 Å². The van der Waals surface area contributed by atoms with Crippen molar-refractivity contribution in [1.29, 1.82) is 0 Å². The number of nitrogens with zero attached hydrogens (tertiary/aromatic N) is 4. The van der Waals surface area contributed by atoms with Crippen LogP contribution in [-0.4, -0.2) is 49.4 Å². The van der Waals surface area contributed by atoms with Crippen molar-refractivity contribution in [1.82, 2.24) is 19.9 Å². The quantitative estimate of drug-likeness (QED) is 0.207. The standard InChI is InChI=1S/C21H18ClN5O.C8H11NO3/c1-13-3-2-4-16(26-13)11-28-20-8-6-15(10-18(20)22)27-21-17-9-14(23)5-7-19(17)24-12-25-21;1-2-7(10)9-5-3-4-6(9)8(11)12/h2-10,12H,11,23H2,1H3,(H,24,25,27);2,6H,1,3-5H2,(H,11,12)/t;6-/m.0/s1. The largest absolute Gasteiger partial charge is 0.486 e. The van der Waals surface area contributed by atoms with Crippen LogP contribution in [-0.2, 0) is 16.2 Å². The van der Waals surface area contributed by atoms with E-state index in [1.165, 1.54) is 11.2 Å². The number of amides is 1. The Morgan fingerprint density at radius 1 is 1.23 bits per heavy atom. The molecular formula is C29H29ClN6O4. The van der Waals surface area contributed by atoms with E-state index in [-0.39, 0.29) is 5.91 Å². The van der Waals surface area contributed by atoms with Gasteiger partial charge in [0.1, 0.15) is 30.5 Å². The van der Waals surface area contributed by atoms with Crippen molar-refractivity contribution in [3.8, 4) is 5.75 Å². The molecule has 1 saturated heterocycles. The summed E-state index contributed by atoms with van der Waals surface area (Å²) in [5.74, 6) is 0.0286. The van der Waals surface area contributed by atoms with Crippen LogP contribution in [0.3, 0.4) is 0 Å². The molecule has 10 nitrogen and oxygen atoms in total. The second-order valence-electron chi connectivity index (χ2n) is 9.06. The van der Waals surface area contributed by atoms with E-state index in [9.17, 15) is 9.59 Å². The van der Waals surface area contributed by atoms with Crippen LogP contribution in [0, 0.1) is 6.92 Å². The summed E-state index contributed by atoms with van der Waals surface area (Å²) in [5, 5.41) is 13.3. The zero-order valence-corrected chi connectivity index (χ0v) is 22.6. The van der Waals surface area contributed by atoms with Crippen LogP contribution in [0.4, 0.5) is 17.2 Å². The van der Waals surface area contributed by atoms with Crippen molar-refractivity contribution in [3.05, 3.63) is 90.0 Å². The minimum absolute atomic E-state index is 0.292. The second-order valence-corrected chi connectivity index (χ2v) is 9.47. The molecule has 0 radical (unpaired) electrons. The third-order valence-electron chi connectivity index (χ3n) is 6.17. The molecule has 1 amide bonds. The van der Waals surface area contributed by atoms with Gasteiger partial charge in [-0.3, -0.25) is 9.78 Å². The number of likely N-dealkylation sites (tertiary alicyclic amines) is 1. The summed E-state index contributed by atoms with van der Waals surface area (Å²) in [6.07, 6.45) is 3.97.